The maximum absolute atomic E-state index is 5.68. The van der Waals surface area contributed by atoms with Crippen molar-refractivity contribution in [1.82, 2.24) is 9.97 Å². The lowest BCUT2D eigenvalue weighted by Gasteiger charge is -2.37. The molecule has 2 atom stereocenters. The third kappa shape index (κ3) is 3.57. The van der Waals surface area contributed by atoms with Crippen molar-refractivity contribution in [3.63, 3.8) is 0 Å². The molecule has 0 amide bonds. The standard InChI is InChI=1S/C18H20N2OS2/c1-5-17-19-11-13(1)15-3-4-16(15)14-2-6-18(20-12-14)23-10-8-21-7-9-22-17/h1-2,5-6,11-12,15-16H,3-4,7-10H2/t15-,16+. The molecule has 2 aromatic heterocycles. The highest BCUT2D eigenvalue weighted by Gasteiger charge is 2.33. The van der Waals surface area contributed by atoms with Crippen LogP contribution in [-0.4, -0.2) is 34.7 Å². The minimum absolute atomic E-state index is 0.598. The Morgan fingerprint density at radius 1 is 0.783 bits per heavy atom. The van der Waals surface area contributed by atoms with Crippen molar-refractivity contribution >= 4 is 23.5 Å². The topological polar surface area (TPSA) is 35.0 Å². The first kappa shape index (κ1) is 15.5. The third-order valence-corrected chi connectivity index (χ3v) is 6.42. The highest BCUT2D eigenvalue weighted by molar-refractivity contribution is 7.99. The average Bonchev–Trinajstić information content (AvgIpc) is 2.55. The van der Waals surface area contributed by atoms with Crippen LogP contribution in [-0.2, 0) is 4.74 Å². The van der Waals surface area contributed by atoms with E-state index in [4.69, 9.17) is 4.74 Å². The largest absolute Gasteiger partial charge is 0.380 e. The zero-order chi connectivity index (χ0) is 15.5. The smallest absolute Gasteiger partial charge is 0.0960 e. The van der Waals surface area contributed by atoms with Gasteiger partial charge in [-0.25, -0.2) is 9.97 Å². The Morgan fingerprint density at radius 3 is 1.70 bits per heavy atom. The van der Waals surface area contributed by atoms with E-state index in [0.29, 0.717) is 11.8 Å². The van der Waals surface area contributed by atoms with Crippen molar-refractivity contribution in [2.45, 2.75) is 34.7 Å². The number of pyridine rings is 2. The molecule has 2 aromatic rings. The number of hydrogen-bond acceptors (Lipinski definition) is 5. The highest BCUT2D eigenvalue weighted by atomic mass is 32.2. The van der Waals surface area contributed by atoms with Crippen molar-refractivity contribution in [2.24, 2.45) is 0 Å². The first-order valence-electron chi connectivity index (χ1n) is 8.15. The summed E-state index contributed by atoms with van der Waals surface area (Å²) < 4.78 is 5.68. The number of nitrogens with zero attached hydrogens (tertiary/aromatic N) is 2. The molecule has 0 spiro atoms. The van der Waals surface area contributed by atoms with E-state index in [1.165, 1.54) is 24.0 Å². The summed E-state index contributed by atoms with van der Waals surface area (Å²) in [7, 11) is 0. The maximum Gasteiger partial charge on any atom is 0.0960 e. The summed E-state index contributed by atoms with van der Waals surface area (Å²) >= 11 is 3.54. The van der Waals surface area contributed by atoms with Crippen LogP contribution in [0.3, 0.4) is 0 Å². The second-order valence-corrected chi connectivity index (χ2v) is 8.19. The third-order valence-electron chi connectivity index (χ3n) is 4.60. The molecule has 1 fully saturated rings. The maximum atomic E-state index is 5.68. The Labute approximate surface area is 145 Å². The molecule has 6 rings (SSSR count). The molecule has 5 heterocycles. The Kier molecular flexibility index (Phi) is 4.88. The predicted octanol–water partition coefficient (Wildman–Crippen LogP) is 4.35. The molecular formula is C18H20N2OS2. The van der Waals surface area contributed by atoms with Crippen LogP contribution in [0.1, 0.15) is 35.8 Å². The molecule has 4 aliphatic rings. The molecule has 4 bridgehead atoms. The lowest BCUT2D eigenvalue weighted by Crippen LogP contribution is -2.22. The molecule has 0 N–H and O–H groups in total. The lowest BCUT2D eigenvalue weighted by molar-refractivity contribution is 0.167. The van der Waals surface area contributed by atoms with Gasteiger partial charge in [0, 0.05) is 23.9 Å². The van der Waals surface area contributed by atoms with Crippen molar-refractivity contribution in [3.8, 4) is 0 Å². The van der Waals surface area contributed by atoms with E-state index in [1.807, 2.05) is 0 Å². The van der Waals surface area contributed by atoms with Gasteiger partial charge in [0.1, 0.15) is 0 Å². The summed E-state index contributed by atoms with van der Waals surface area (Å²) in [4.78, 5) is 9.25. The molecule has 1 saturated carbocycles. The summed E-state index contributed by atoms with van der Waals surface area (Å²) in [6, 6.07) is 8.82. The van der Waals surface area contributed by atoms with Gasteiger partial charge in [-0.15, -0.1) is 23.5 Å². The molecule has 5 heteroatoms. The number of rotatable bonds is 0. The highest BCUT2D eigenvalue weighted by Crippen LogP contribution is 2.48. The number of hydrogen-bond donors (Lipinski definition) is 0. The molecule has 0 radical (unpaired) electrons. The van der Waals surface area contributed by atoms with E-state index in [0.717, 1.165) is 34.8 Å². The second-order valence-electron chi connectivity index (χ2n) is 5.96. The average molecular weight is 345 g/mol. The van der Waals surface area contributed by atoms with E-state index >= 15 is 0 Å². The van der Waals surface area contributed by atoms with Gasteiger partial charge in [-0.3, -0.25) is 0 Å². The minimum Gasteiger partial charge on any atom is -0.380 e. The Hall–Kier alpha value is -1.04. The first-order valence-corrected chi connectivity index (χ1v) is 10.1. The predicted molar refractivity (Wildman–Crippen MR) is 95.5 cm³/mol. The van der Waals surface area contributed by atoms with Crippen molar-refractivity contribution in [1.29, 1.82) is 0 Å². The van der Waals surface area contributed by atoms with Gasteiger partial charge < -0.3 is 4.74 Å². The van der Waals surface area contributed by atoms with Crippen molar-refractivity contribution < 1.29 is 4.74 Å². The van der Waals surface area contributed by atoms with Gasteiger partial charge in [0.05, 0.1) is 23.3 Å². The second kappa shape index (κ2) is 7.24. The van der Waals surface area contributed by atoms with Gasteiger partial charge in [-0.05, 0) is 47.9 Å². The molecule has 1 aliphatic carbocycles. The van der Waals surface area contributed by atoms with Gasteiger partial charge in [-0.2, -0.15) is 0 Å². The van der Waals surface area contributed by atoms with E-state index in [-0.39, 0.29) is 0 Å². The Morgan fingerprint density at radius 2 is 1.30 bits per heavy atom. The number of thioether (sulfide) groups is 2. The van der Waals surface area contributed by atoms with Crippen LogP contribution in [0.25, 0.3) is 0 Å². The summed E-state index contributed by atoms with van der Waals surface area (Å²) in [5, 5.41) is 2.19. The fourth-order valence-corrected chi connectivity index (χ4v) is 4.61. The van der Waals surface area contributed by atoms with Gasteiger partial charge in [-0.1, -0.05) is 12.1 Å². The normalized spacial score (nSPS) is 24.7. The lowest BCUT2D eigenvalue weighted by atomic mass is 9.67. The fourth-order valence-electron chi connectivity index (χ4n) is 3.20. The fraction of sp³-hybridized carbons (Fsp3) is 0.444. The van der Waals surface area contributed by atoms with Gasteiger partial charge >= 0.3 is 0 Å². The van der Waals surface area contributed by atoms with Crippen molar-refractivity contribution in [3.05, 3.63) is 47.8 Å². The SMILES string of the molecule is c1cc2ncc1[C@H]1CC[C@H]1c1ccc(nc1)SCCOCCS2. The Bertz CT molecular complexity index is 588. The van der Waals surface area contributed by atoms with Crippen LogP contribution in [0.2, 0.25) is 0 Å². The van der Waals surface area contributed by atoms with E-state index in [9.17, 15) is 0 Å². The monoisotopic (exact) mass is 344 g/mol. The van der Waals surface area contributed by atoms with Crippen molar-refractivity contribution in [2.75, 3.05) is 24.7 Å². The van der Waals surface area contributed by atoms with Crippen LogP contribution >= 0.6 is 23.5 Å². The number of fused-ring (bicyclic) bond motifs is 2. The van der Waals surface area contributed by atoms with Crippen LogP contribution in [0.4, 0.5) is 0 Å². The molecule has 0 unspecified atom stereocenters. The number of ether oxygens (including phenoxy) is 1. The van der Waals surface area contributed by atoms with Crippen LogP contribution in [0, 0.1) is 0 Å². The summed E-state index contributed by atoms with van der Waals surface area (Å²) in [6.45, 7) is 1.54. The summed E-state index contributed by atoms with van der Waals surface area (Å²) in [5.41, 5.74) is 2.73. The van der Waals surface area contributed by atoms with E-state index in [1.54, 1.807) is 23.5 Å². The first-order chi connectivity index (χ1) is 11.4. The Balaban J connectivity index is 1.59. The molecule has 0 aromatic carbocycles. The molecule has 0 saturated heterocycles. The summed E-state index contributed by atoms with van der Waals surface area (Å²) in [6.07, 6.45) is 6.64. The molecule has 23 heavy (non-hydrogen) atoms. The minimum atomic E-state index is 0.598. The molecule has 3 nitrogen and oxygen atoms in total. The van der Waals surface area contributed by atoms with Gasteiger partial charge in [0.25, 0.3) is 0 Å². The summed E-state index contributed by atoms with van der Waals surface area (Å²) in [5.74, 6) is 3.10. The zero-order valence-electron chi connectivity index (χ0n) is 13.0. The van der Waals surface area contributed by atoms with Crippen LogP contribution in [0.15, 0.2) is 46.7 Å². The number of aromatic nitrogens is 2. The molecule has 3 aliphatic heterocycles. The van der Waals surface area contributed by atoms with E-state index in [2.05, 4.69) is 46.6 Å². The van der Waals surface area contributed by atoms with Crippen LogP contribution in [0.5, 0.6) is 0 Å². The quantitative estimate of drug-likeness (QED) is 0.710. The molecule has 120 valence electrons. The van der Waals surface area contributed by atoms with Gasteiger partial charge in [0.15, 0.2) is 0 Å². The van der Waals surface area contributed by atoms with E-state index < -0.39 is 0 Å². The van der Waals surface area contributed by atoms with Gasteiger partial charge in [0.2, 0.25) is 0 Å². The van der Waals surface area contributed by atoms with Crippen LogP contribution < -0.4 is 0 Å². The molecular weight excluding hydrogens is 324 g/mol. The zero-order valence-corrected chi connectivity index (χ0v) is 14.6.